The molecule has 0 heterocycles. The predicted molar refractivity (Wildman–Crippen MR) is 83.0 cm³/mol. The third-order valence-corrected chi connectivity index (χ3v) is 4.27. The van der Waals surface area contributed by atoms with Gasteiger partial charge in [-0.1, -0.05) is 57.6 Å². The molecule has 112 valence electrons. The first-order chi connectivity index (χ1) is 9.79. The first kappa shape index (κ1) is 15.4. The van der Waals surface area contributed by atoms with Crippen molar-refractivity contribution in [2.45, 2.75) is 64.4 Å². The number of hydrogen-bond acceptors (Lipinski definition) is 2. The van der Waals surface area contributed by atoms with Crippen LogP contribution >= 0.6 is 0 Å². The summed E-state index contributed by atoms with van der Waals surface area (Å²) in [4.78, 5) is 0. The lowest BCUT2D eigenvalue weighted by Crippen LogP contribution is -2.07. The Kier molecular flexibility index (Phi) is 6.38. The standard InChI is InChI=1S/C18H28O2/c1-2-13-20-17-11-9-16(10-12-17)18(19)14-15-7-5-3-4-6-8-15/h9-12,15,18-19H,2-8,13-14H2,1H3. The van der Waals surface area contributed by atoms with Gasteiger partial charge in [-0.3, -0.25) is 0 Å². The highest BCUT2D eigenvalue weighted by molar-refractivity contribution is 5.28. The number of rotatable bonds is 6. The van der Waals surface area contributed by atoms with E-state index in [1.54, 1.807) is 0 Å². The summed E-state index contributed by atoms with van der Waals surface area (Å²) in [5, 5.41) is 10.4. The van der Waals surface area contributed by atoms with Gasteiger partial charge < -0.3 is 9.84 Å². The van der Waals surface area contributed by atoms with Gasteiger partial charge in [-0.05, 0) is 36.5 Å². The minimum absolute atomic E-state index is 0.321. The fourth-order valence-electron chi connectivity index (χ4n) is 3.06. The maximum atomic E-state index is 10.4. The number of aliphatic hydroxyl groups is 1. The van der Waals surface area contributed by atoms with E-state index in [0.29, 0.717) is 5.92 Å². The molecule has 2 heteroatoms. The monoisotopic (exact) mass is 276 g/mol. The topological polar surface area (TPSA) is 29.5 Å². The van der Waals surface area contributed by atoms with Crippen molar-refractivity contribution >= 4 is 0 Å². The van der Waals surface area contributed by atoms with Gasteiger partial charge in [-0.2, -0.15) is 0 Å². The van der Waals surface area contributed by atoms with E-state index >= 15 is 0 Å². The third-order valence-electron chi connectivity index (χ3n) is 4.27. The molecule has 0 saturated heterocycles. The van der Waals surface area contributed by atoms with Crippen LogP contribution in [0.5, 0.6) is 5.75 Å². The molecule has 1 aromatic carbocycles. The molecule has 1 N–H and O–H groups in total. The van der Waals surface area contributed by atoms with E-state index in [0.717, 1.165) is 30.8 Å². The van der Waals surface area contributed by atoms with Gasteiger partial charge in [0, 0.05) is 0 Å². The average Bonchev–Trinajstić information content (AvgIpc) is 2.74. The van der Waals surface area contributed by atoms with Crippen LogP contribution < -0.4 is 4.74 Å². The molecule has 0 aromatic heterocycles. The van der Waals surface area contributed by atoms with Crippen LogP contribution in [0.25, 0.3) is 0 Å². The summed E-state index contributed by atoms with van der Waals surface area (Å²) in [5.41, 5.74) is 1.03. The van der Waals surface area contributed by atoms with E-state index in [1.807, 2.05) is 24.3 Å². The zero-order valence-corrected chi connectivity index (χ0v) is 12.7. The average molecular weight is 276 g/mol. The van der Waals surface area contributed by atoms with Crippen LogP contribution in [-0.4, -0.2) is 11.7 Å². The molecule has 1 aliphatic carbocycles. The van der Waals surface area contributed by atoms with Crippen LogP contribution in [0.15, 0.2) is 24.3 Å². The molecule has 1 unspecified atom stereocenters. The Balaban J connectivity index is 1.86. The zero-order chi connectivity index (χ0) is 14.2. The maximum Gasteiger partial charge on any atom is 0.119 e. The molecule has 2 nitrogen and oxygen atoms in total. The summed E-state index contributed by atoms with van der Waals surface area (Å²) in [5.74, 6) is 1.60. The second-order valence-corrected chi connectivity index (χ2v) is 6.03. The van der Waals surface area contributed by atoms with Crippen molar-refractivity contribution in [2.75, 3.05) is 6.61 Å². The highest BCUT2D eigenvalue weighted by atomic mass is 16.5. The molecular formula is C18H28O2. The Hall–Kier alpha value is -1.02. The normalized spacial score (nSPS) is 18.5. The quantitative estimate of drug-likeness (QED) is 0.751. The summed E-state index contributed by atoms with van der Waals surface area (Å²) in [6, 6.07) is 7.96. The molecule has 0 spiro atoms. The number of hydrogen-bond donors (Lipinski definition) is 1. The summed E-state index contributed by atoms with van der Waals surface area (Å²) in [6.07, 6.45) is 9.59. The SMILES string of the molecule is CCCOc1ccc(C(O)CC2CCCCCC2)cc1. The van der Waals surface area contributed by atoms with Gasteiger partial charge in [-0.15, -0.1) is 0 Å². The van der Waals surface area contributed by atoms with Gasteiger partial charge in [0.05, 0.1) is 12.7 Å². The molecule has 0 radical (unpaired) electrons. The molecule has 1 aromatic rings. The molecule has 2 rings (SSSR count). The largest absolute Gasteiger partial charge is 0.494 e. The first-order valence-electron chi connectivity index (χ1n) is 8.20. The zero-order valence-electron chi connectivity index (χ0n) is 12.7. The Labute approximate surface area is 123 Å². The van der Waals surface area contributed by atoms with Crippen molar-refractivity contribution in [3.05, 3.63) is 29.8 Å². The highest BCUT2D eigenvalue weighted by Crippen LogP contribution is 2.31. The Morgan fingerprint density at radius 2 is 1.75 bits per heavy atom. The van der Waals surface area contributed by atoms with Gasteiger partial charge in [0.15, 0.2) is 0 Å². The molecule has 20 heavy (non-hydrogen) atoms. The summed E-state index contributed by atoms with van der Waals surface area (Å²) < 4.78 is 5.57. The van der Waals surface area contributed by atoms with E-state index in [2.05, 4.69) is 6.92 Å². The van der Waals surface area contributed by atoms with E-state index < -0.39 is 0 Å². The third kappa shape index (κ3) is 4.82. The smallest absolute Gasteiger partial charge is 0.119 e. The van der Waals surface area contributed by atoms with Gasteiger partial charge >= 0.3 is 0 Å². The number of ether oxygens (including phenoxy) is 1. The van der Waals surface area contributed by atoms with Crippen LogP contribution in [0.2, 0.25) is 0 Å². The molecule has 0 aliphatic heterocycles. The predicted octanol–water partition coefficient (Wildman–Crippen LogP) is 4.87. The summed E-state index contributed by atoms with van der Waals surface area (Å²) in [6.45, 7) is 2.86. The first-order valence-corrected chi connectivity index (χ1v) is 8.20. The fourth-order valence-corrected chi connectivity index (χ4v) is 3.06. The lowest BCUT2D eigenvalue weighted by atomic mass is 9.91. The minimum atomic E-state index is -0.321. The van der Waals surface area contributed by atoms with E-state index in [-0.39, 0.29) is 6.10 Å². The second kappa shape index (κ2) is 8.31. The number of aliphatic hydroxyl groups excluding tert-OH is 1. The van der Waals surface area contributed by atoms with Gasteiger partial charge in [0.1, 0.15) is 5.75 Å². The molecule has 1 fully saturated rings. The van der Waals surface area contributed by atoms with E-state index in [4.69, 9.17) is 4.74 Å². The van der Waals surface area contributed by atoms with Crippen molar-refractivity contribution in [3.8, 4) is 5.75 Å². The second-order valence-electron chi connectivity index (χ2n) is 6.03. The molecule has 1 saturated carbocycles. The molecule has 1 aliphatic rings. The summed E-state index contributed by atoms with van der Waals surface area (Å²) >= 11 is 0. The van der Waals surface area contributed by atoms with Gasteiger partial charge in [0.2, 0.25) is 0 Å². The maximum absolute atomic E-state index is 10.4. The van der Waals surface area contributed by atoms with Crippen LogP contribution in [0.4, 0.5) is 0 Å². The molecule has 0 bridgehead atoms. The molecule has 1 atom stereocenters. The van der Waals surface area contributed by atoms with Crippen molar-refractivity contribution in [2.24, 2.45) is 5.92 Å². The lowest BCUT2D eigenvalue weighted by molar-refractivity contribution is 0.139. The Morgan fingerprint density at radius 3 is 2.35 bits per heavy atom. The summed E-state index contributed by atoms with van der Waals surface area (Å²) in [7, 11) is 0. The van der Waals surface area contributed by atoms with Crippen LogP contribution in [0.3, 0.4) is 0 Å². The minimum Gasteiger partial charge on any atom is -0.494 e. The number of benzene rings is 1. The van der Waals surface area contributed by atoms with Crippen LogP contribution in [0, 0.1) is 5.92 Å². The fraction of sp³-hybridized carbons (Fsp3) is 0.667. The molecule has 0 amide bonds. The van der Waals surface area contributed by atoms with E-state index in [9.17, 15) is 5.11 Å². The van der Waals surface area contributed by atoms with Crippen molar-refractivity contribution < 1.29 is 9.84 Å². The highest BCUT2D eigenvalue weighted by Gasteiger charge is 2.17. The van der Waals surface area contributed by atoms with Crippen molar-refractivity contribution in [3.63, 3.8) is 0 Å². The van der Waals surface area contributed by atoms with Crippen LogP contribution in [0.1, 0.15) is 70.0 Å². The van der Waals surface area contributed by atoms with Gasteiger partial charge in [0.25, 0.3) is 0 Å². The van der Waals surface area contributed by atoms with Crippen molar-refractivity contribution in [1.82, 2.24) is 0 Å². The molecular weight excluding hydrogens is 248 g/mol. The Morgan fingerprint density at radius 1 is 1.10 bits per heavy atom. The lowest BCUT2D eigenvalue weighted by Gasteiger charge is -2.19. The van der Waals surface area contributed by atoms with Crippen molar-refractivity contribution in [1.29, 1.82) is 0 Å². The Bertz CT molecular complexity index is 364. The van der Waals surface area contributed by atoms with Gasteiger partial charge in [-0.25, -0.2) is 0 Å². The van der Waals surface area contributed by atoms with E-state index in [1.165, 1.54) is 38.5 Å². The van der Waals surface area contributed by atoms with Crippen LogP contribution in [-0.2, 0) is 0 Å².